The molecule has 0 spiro atoms. The zero-order chi connectivity index (χ0) is 23.6. The maximum Gasteiger partial charge on any atom is 0.228 e. The lowest BCUT2D eigenvalue weighted by atomic mass is 9.95. The first-order chi connectivity index (χ1) is 15.8. The van der Waals surface area contributed by atoms with Crippen LogP contribution in [0.25, 0.3) is 0 Å². The average Bonchev–Trinajstić information content (AvgIpc) is 3.12. The number of carbonyl (C=O) groups is 1. The van der Waals surface area contributed by atoms with Gasteiger partial charge in [0, 0.05) is 25.3 Å². The fraction of sp³-hybridized carbons (Fsp3) is 0.519. The van der Waals surface area contributed by atoms with E-state index in [4.69, 9.17) is 9.47 Å². The summed E-state index contributed by atoms with van der Waals surface area (Å²) < 4.78 is 12.0. The van der Waals surface area contributed by atoms with E-state index in [9.17, 15) is 9.90 Å². The Labute approximate surface area is 198 Å². The summed E-state index contributed by atoms with van der Waals surface area (Å²) in [5, 5.41) is 11.2. The predicted octanol–water partition coefficient (Wildman–Crippen LogP) is 4.14. The van der Waals surface area contributed by atoms with E-state index in [1.54, 1.807) is 7.11 Å². The summed E-state index contributed by atoms with van der Waals surface area (Å²) in [5.41, 5.74) is 2.69. The van der Waals surface area contributed by atoms with Crippen molar-refractivity contribution in [2.45, 2.75) is 63.5 Å². The second-order valence-electron chi connectivity index (χ2n) is 10.1. The molecule has 1 N–H and O–H groups in total. The molecule has 2 aliphatic rings. The van der Waals surface area contributed by atoms with Crippen LogP contribution in [0.1, 0.15) is 31.7 Å². The lowest BCUT2D eigenvalue weighted by molar-refractivity contribution is -0.122. The molecule has 0 aliphatic carbocycles. The van der Waals surface area contributed by atoms with Crippen molar-refractivity contribution in [2.75, 3.05) is 25.2 Å². The number of hydrogen-bond acceptors (Lipinski definition) is 4. The number of amides is 1. The van der Waals surface area contributed by atoms with Crippen LogP contribution in [-0.2, 0) is 16.0 Å². The summed E-state index contributed by atoms with van der Waals surface area (Å²) in [6.07, 6.45) is 3.47. The fourth-order valence-electron chi connectivity index (χ4n) is 5.82. The first-order valence-electron chi connectivity index (χ1n) is 12.1. The van der Waals surface area contributed by atoms with Crippen LogP contribution < -0.4 is 14.8 Å². The van der Waals surface area contributed by atoms with Gasteiger partial charge in [0.25, 0.3) is 0 Å². The lowest BCUT2D eigenvalue weighted by Gasteiger charge is -2.36. The Kier molecular flexibility index (Phi) is 7.27. The van der Waals surface area contributed by atoms with Gasteiger partial charge in [0.05, 0.1) is 27.4 Å². The summed E-state index contributed by atoms with van der Waals surface area (Å²) in [6, 6.07) is 16.9. The number of anilines is 1. The highest BCUT2D eigenvalue weighted by Crippen LogP contribution is 2.46. The van der Waals surface area contributed by atoms with Crippen molar-refractivity contribution < 1.29 is 19.4 Å². The first kappa shape index (κ1) is 24.0. The molecule has 2 aromatic rings. The zero-order valence-corrected chi connectivity index (χ0v) is 21.3. The molecular weight excluding hydrogens is 430 g/mol. The molecule has 0 saturated carbocycles. The van der Waals surface area contributed by atoms with Gasteiger partial charge in [-0.2, -0.15) is 0 Å². The Morgan fingerprint density at radius 1 is 1.12 bits per heavy atom. The molecule has 2 fully saturated rings. The van der Waals surface area contributed by atoms with Crippen molar-refractivity contribution in [2.24, 2.45) is 5.92 Å². The molecule has 0 aromatic heterocycles. The van der Waals surface area contributed by atoms with E-state index in [1.807, 2.05) is 17.0 Å². The molecular formula is C27H37NO4Si. The topological polar surface area (TPSA) is 59.0 Å². The Morgan fingerprint density at radius 2 is 1.88 bits per heavy atom. The average molecular weight is 468 g/mol. The monoisotopic (exact) mass is 467 g/mol. The van der Waals surface area contributed by atoms with E-state index in [0.717, 1.165) is 30.8 Å². The highest BCUT2D eigenvalue weighted by molar-refractivity contribution is 6.91. The minimum Gasteiger partial charge on any atom is -0.497 e. The molecule has 4 atom stereocenters. The van der Waals surface area contributed by atoms with E-state index < -0.39 is 8.07 Å². The summed E-state index contributed by atoms with van der Waals surface area (Å²) in [6.45, 7) is 8.17. The second-order valence-corrected chi connectivity index (χ2v) is 14.8. The third kappa shape index (κ3) is 4.88. The Morgan fingerprint density at radius 3 is 2.48 bits per heavy atom. The highest BCUT2D eigenvalue weighted by atomic mass is 28.3. The molecule has 2 aliphatic heterocycles. The van der Waals surface area contributed by atoms with Crippen molar-refractivity contribution in [3.8, 4) is 5.75 Å². The van der Waals surface area contributed by atoms with Crippen molar-refractivity contribution >= 4 is 24.9 Å². The summed E-state index contributed by atoms with van der Waals surface area (Å²) in [5.74, 6) is 1.51. The van der Waals surface area contributed by atoms with E-state index in [0.29, 0.717) is 24.3 Å². The SMILES string of the molecule is COc1ccc([Si](C)(C)[C@H]2[C@H](C)[C@H](CCc3cccc(N4CCC4=O)c3)O[C@@H]2CCO)cc1. The molecule has 2 saturated heterocycles. The number of rotatable bonds is 9. The third-order valence-electron chi connectivity index (χ3n) is 7.77. The van der Waals surface area contributed by atoms with E-state index in [2.05, 4.69) is 56.4 Å². The Bertz CT molecular complexity index is 961. The first-order valence-corrected chi connectivity index (χ1v) is 15.2. The zero-order valence-electron chi connectivity index (χ0n) is 20.3. The van der Waals surface area contributed by atoms with Crippen molar-refractivity contribution in [3.05, 3.63) is 54.1 Å². The van der Waals surface area contributed by atoms with Crippen LogP contribution in [-0.4, -0.2) is 51.6 Å². The van der Waals surface area contributed by atoms with Gasteiger partial charge in [-0.05, 0) is 60.6 Å². The second kappa shape index (κ2) is 10.00. The minimum absolute atomic E-state index is 0.0869. The Hall–Kier alpha value is -2.15. The van der Waals surface area contributed by atoms with Gasteiger partial charge in [-0.1, -0.05) is 49.5 Å². The van der Waals surface area contributed by atoms with Crippen molar-refractivity contribution in [1.29, 1.82) is 0 Å². The molecule has 1 amide bonds. The molecule has 2 heterocycles. The number of β-lactam (4-membered cyclic amide) rings is 1. The van der Waals surface area contributed by atoms with E-state index in [-0.39, 0.29) is 24.7 Å². The van der Waals surface area contributed by atoms with Gasteiger partial charge in [-0.3, -0.25) is 4.79 Å². The van der Waals surface area contributed by atoms with Gasteiger partial charge in [-0.25, -0.2) is 0 Å². The van der Waals surface area contributed by atoms with Gasteiger partial charge in [-0.15, -0.1) is 0 Å². The van der Waals surface area contributed by atoms with Crippen LogP contribution in [0, 0.1) is 5.92 Å². The molecule has 178 valence electrons. The van der Waals surface area contributed by atoms with E-state index >= 15 is 0 Å². The molecule has 6 heteroatoms. The van der Waals surface area contributed by atoms with Gasteiger partial charge in [0.15, 0.2) is 0 Å². The van der Waals surface area contributed by atoms with Gasteiger partial charge >= 0.3 is 0 Å². The normalized spacial score (nSPS) is 25.2. The van der Waals surface area contributed by atoms with Crippen molar-refractivity contribution in [3.63, 3.8) is 0 Å². The molecule has 0 bridgehead atoms. The number of hydrogen-bond donors (Lipinski definition) is 1. The highest BCUT2D eigenvalue weighted by Gasteiger charge is 2.50. The van der Waals surface area contributed by atoms with Crippen LogP contribution in [0.2, 0.25) is 18.6 Å². The standard InChI is InChI=1S/C27H37NO4Si/c1-19-24(13-8-20-6-5-7-21(18-20)28-16-14-26(28)30)32-25(15-17-29)27(19)33(3,4)23-11-9-22(31-2)10-12-23/h5-7,9-12,18-19,24-25,27,29H,8,13-17H2,1-4H3/t19-,24+,25-,27+/m1/s1. The van der Waals surface area contributed by atoms with Gasteiger partial charge in [0.2, 0.25) is 5.91 Å². The Balaban J connectivity index is 1.48. The summed E-state index contributed by atoms with van der Waals surface area (Å²) in [4.78, 5) is 13.7. The maximum absolute atomic E-state index is 11.8. The molecule has 33 heavy (non-hydrogen) atoms. The number of aliphatic hydroxyl groups is 1. The number of aryl methyl sites for hydroxylation is 1. The quantitative estimate of drug-likeness (QED) is 0.445. The van der Waals surface area contributed by atoms with Crippen LogP contribution in [0.15, 0.2) is 48.5 Å². The maximum atomic E-state index is 11.8. The number of benzene rings is 2. The summed E-state index contributed by atoms with van der Waals surface area (Å²) >= 11 is 0. The lowest BCUT2D eigenvalue weighted by Crippen LogP contribution is -2.50. The van der Waals surface area contributed by atoms with Crippen LogP contribution in [0.3, 0.4) is 0 Å². The third-order valence-corrected chi connectivity index (χ3v) is 12.2. The van der Waals surface area contributed by atoms with Gasteiger partial charge in [0.1, 0.15) is 5.75 Å². The van der Waals surface area contributed by atoms with Crippen molar-refractivity contribution in [1.82, 2.24) is 0 Å². The van der Waals surface area contributed by atoms with Gasteiger partial charge < -0.3 is 19.5 Å². The van der Waals surface area contributed by atoms with Crippen LogP contribution in [0.4, 0.5) is 5.69 Å². The molecule has 2 aromatic carbocycles. The minimum atomic E-state index is -1.86. The smallest absolute Gasteiger partial charge is 0.228 e. The molecule has 0 unspecified atom stereocenters. The molecule has 0 radical (unpaired) electrons. The number of methoxy groups -OCH3 is 1. The number of ether oxygens (including phenoxy) is 2. The summed E-state index contributed by atoms with van der Waals surface area (Å²) in [7, 11) is -0.162. The number of carbonyl (C=O) groups excluding carboxylic acids is 1. The van der Waals surface area contributed by atoms with Crippen LogP contribution >= 0.6 is 0 Å². The predicted molar refractivity (Wildman–Crippen MR) is 135 cm³/mol. The largest absolute Gasteiger partial charge is 0.497 e. The molecule has 4 rings (SSSR count). The van der Waals surface area contributed by atoms with E-state index in [1.165, 1.54) is 10.8 Å². The number of nitrogens with zero attached hydrogens (tertiary/aromatic N) is 1. The van der Waals surface area contributed by atoms with Crippen LogP contribution in [0.5, 0.6) is 5.75 Å². The number of aliphatic hydroxyl groups excluding tert-OH is 1. The molecule has 5 nitrogen and oxygen atoms in total. The fourth-order valence-corrected chi connectivity index (χ4v) is 9.93.